The van der Waals surface area contributed by atoms with Crippen LogP contribution in [0.15, 0.2) is 52.2 Å². The molecule has 1 radical (unpaired) electrons. The fourth-order valence-corrected chi connectivity index (χ4v) is 7.99. The number of rotatable bonds is 10. The first-order valence-electron chi connectivity index (χ1n) is 18.8. The van der Waals surface area contributed by atoms with E-state index in [1.807, 2.05) is 41.5 Å². The Morgan fingerprint density at radius 2 is 1.63 bits per heavy atom. The second-order valence-electron chi connectivity index (χ2n) is 16.4. The third-order valence-corrected chi connectivity index (χ3v) is 12.5. The number of aliphatic hydroxyl groups is 1. The van der Waals surface area contributed by atoms with Crippen LogP contribution in [0.25, 0.3) is 43.4 Å². The van der Waals surface area contributed by atoms with Crippen LogP contribution < -0.4 is 4.74 Å². The Hall–Kier alpha value is -3.06. The number of carbonyl (C=O) groups is 1. The van der Waals surface area contributed by atoms with Crippen molar-refractivity contribution in [3.05, 3.63) is 65.0 Å². The summed E-state index contributed by atoms with van der Waals surface area (Å²) in [7, 11) is 0. The molecule has 0 bridgehead atoms. The number of aliphatic hydroxyl groups excluding tert-OH is 1. The number of nitrogens with zero attached hydrogens (tertiary/aromatic N) is 2. The molecule has 1 aliphatic heterocycles. The number of ketones is 1. The first-order chi connectivity index (χ1) is 24.0. The van der Waals surface area contributed by atoms with Gasteiger partial charge in [-0.1, -0.05) is 100 Å². The first kappa shape index (κ1) is 41.7. The Morgan fingerprint density at radius 3 is 2.23 bits per heavy atom. The normalized spacial score (nSPS) is 16.5. The van der Waals surface area contributed by atoms with Crippen molar-refractivity contribution in [3.8, 4) is 17.0 Å². The van der Waals surface area contributed by atoms with Gasteiger partial charge in [0.25, 0.3) is 0 Å². The van der Waals surface area contributed by atoms with E-state index >= 15 is 0 Å². The molecule has 1 N–H and O–H groups in total. The van der Waals surface area contributed by atoms with Crippen LogP contribution in [0.1, 0.15) is 132 Å². The van der Waals surface area contributed by atoms with Crippen molar-refractivity contribution in [2.45, 2.75) is 133 Å². The zero-order valence-corrected chi connectivity index (χ0v) is 36.3. The van der Waals surface area contributed by atoms with Crippen LogP contribution in [-0.2, 0) is 30.3 Å². The van der Waals surface area contributed by atoms with Gasteiger partial charge in [0.05, 0.1) is 5.39 Å². The minimum Gasteiger partial charge on any atom is -0.512 e. The van der Waals surface area contributed by atoms with Gasteiger partial charge in [-0.25, -0.2) is 4.98 Å². The Labute approximate surface area is 328 Å². The number of carbonyl (C=O) groups excluding carboxylic acids is 1. The van der Waals surface area contributed by atoms with E-state index in [-0.39, 0.29) is 54.0 Å². The summed E-state index contributed by atoms with van der Waals surface area (Å²) in [5, 5.41) is 15.3. The predicted octanol–water partition coefficient (Wildman–Crippen LogP) is 12.9. The molecule has 2 aromatic carbocycles. The molecule has 1 aliphatic rings. The minimum atomic E-state index is -0.337. The number of thiophene rings is 1. The van der Waals surface area contributed by atoms with Crippen molar-refractivity contribution in [2.24, 2.45) is 16.7 Å². The molecule has 2 atom stereocenters. The fourth-order valence-electron chi connectivity index (χ4n) is 6.91. The number of furan rings is 1. The van der Waals surface area contributed by atoms with Gasteiger partial charge in [0.1, 0.15) is 29.5 Å². The molecule has 283 valence electrons. The largest absolute Gasteiger partial charge is 0.512 e. The zero-order valence-electron chi connectivity index (χ0n) is 33.1. The molecule has 6 nitrogen and oxygen atoms in total. The number of hydrogen-bond acceptors (Lipinski definition) is 7. The van der Waals surface area contributed by atoms with Gasteiger partial charge in [-0.05, 0) is 59.6 Å². The standard InChI is InChI=1S/C29H29N2O2S.C15H28O2.Ir/c1-15(2)11-22-16(3)19-7-8-21-23(26(19)32-22)24-25(30-14-31-28(24)33-21)18-12-17-9-10-34-27(17)20(13-18)29(4,5)6;1-7-14(5,8-2)12(16)11-13(17)15(6,9-3)10-4;/h7-10,13-16,22H,11H2,1-6H3;11,16H,7-10H2,1-6H3;/q-1;;/b;12-11-;. The number of benzene rings is 2. The third-order valence-electron chi connectivity index (χ3n) is 11.6. The summed E-state index contributed by atoms with van der Waals surface area (Å²) in [6, 6.07) is 12.2. The van der Waals surface area contributed by atoms with Gasteiger partial charge >= 0.3 is 0 Å². The molecule has 0 saturated carbocycles. The smallest absolute Gasteiger partial charge is 0.223 e. The van der Waals surface area contributed by atoms with E-state index in [2.05, 4.69) is 82.2 Å². The molecule has 3 aromatic heterocycles. The van der Waals surface area contributed by atoms with E-state index in [0.29, 0.717) is 17.5 Å². The van der Waals surface area contributed by atoms with E-state index in [1.165, 1.54) is 21.9 Å². The number of allylic oxidation sites excluding steroid dienone is 2. The molecule has 52 heavy (non-hydrogen) atoms. The molecule has 5 aromatic rings. The summed E-state index contributed by atoms with van der Waals surface area (Å²) in [6.07, 6.45) is 7.53. The van der Waals surface area contributed by atoms with Gasteiger partial charge in [-0.3, -0.25) is 9.78 Å². The van der Waals surface area contributed by atoms with Gasteiger partial charge < -0.3 is 14.3 Å². The van der Waals surface area contributed by atoms with Crippen molar-refractivity contribution in [3.63, 3.8) is 0 Å². The zero-order chi connectivity index (χ0) is 37.5. The molecule has 0 amide bonds. The molecule has 4 heterocycles. The summed E-state index contributed by atoms with van der Waals surface area (Å²) in [5.41, 5.74) is 5.14. The van der Waals surface area contributed by atoms with Crippen LogP contribution in [0.4, 0.5) is 0 Å². The molecule has 2 unspecified atom stereocenters. The molecule has 0 fully saturated rings. The molecule has 0 spiro atoms. The summed E-state index contributed by atoms with van der Waals surface area (Å²) in [4.78, 5) is 21.4. The van der Waals surface area contributed by atoms with Crippen molar-refractivity contribution in [1.82, 2.24) is 9.97 Å². The topological polar surface area (TPSA) is 85.5 Å². The molecular weight excluding hydrogens is 845 g/mol. The van der Waals surface area contributed by atoms with Crippen LogP contribution >= 0.6 is 11.3 Å². The van der Waals surface area contributed by atoms with E-state index < -0.39 is 0 Å². The van der Waals surface area contributed by atoms with Crippen LogP contribution in [0.2, 0.25) is 0 Å². The maximum absolute atomic E-state index is 12.2. The van der Waals surface area contributed by atoms with Crippen LogP contribution in [0.3, 0.4) is 0 Å². The molecule has 0 saturated heterocycles. The van der Waals surface area contributed by atoms with Gasteiger partial charge in [0.15, 0.2) is 5.78 Å². The average Bonchev–Trinajstić information content (AvgIpc) is 3.81. The number of ether oxygens (including phenoxy) is 1. The monoisotopic (exact) mass is 902 g/mol. The van der Waals surface area contributed by atoms with E-state index in [9.17, 15) is 9.90 Å². The van der Waals surface area contributed by atoms with Gasteiger partial charge in [0, 0.05) is 59.6 Å². The third kappa shape index (κ3) is 7.91. The molecule has 0 aliphatic carbocycles. The Kier molecular flexibility index (Phi) is 12.9. The van der Waals surface area contributed by atoms with E-state index in [4.69, 9.17) is 14.1 Å². The number of aromatic nitrogens is 2. The van der Waals surface area contributed by atoms with Crippen molar-refractivity contribution in [1.29, 1.82) is 0 Å². The Balaban J connectivity index is 0.000000289. The Morgan fingerprint density at radius 1 is 0.981 bits per heavy atom. The van der Waals surface area contributed by atoms with Gasteiger partial charge in [0.2, 0.25) is 5.71 Å². The summed E-state index contributed by atoms with van der Waals surface area (Å²) >= 11 is 1.77. The van der Waals surface area contributed by atoms with Gasteiger partial charge in [-0.2, -0.15) is 11.3 Å². The predicted molar refractivity (Wildman–Crippen MR) is 213 cm³/mol. The summed E-state index contributed by atoms with van der Waals surface area (Å²) in [6.45, 7) is 25.6. The second-order valence-corrected chi connectivity index (χ2v) is 17.3. The van der Waals surface area contributed by atoms with E-state index in [1.54, 1.807) is 17.7 Å². The van der Waals surface area contributed by atoms with Crippen LogP contribution in [0, 0.1) is 22.8 Å². The van der Waals surface area contributed by atoms with Gasteiger partial charge in [-0.15, -0.1) is 23.6 Å². The quantitative estimate of drug-likeness (QED) is 0.0854. The summed E-state index contributed by atoms with van der Waals surface area (Å²) in [5.74, 6) is 2.12. The molecular formula is C44H57IrN2O4S-. The molecule has 8 heteroatoms. The van der Waals surface area contributed by atoms with Crippen molar-refractivity contribution >= 4 is 49.3 Å². The van der Waals surface area contributed by atoms with Crippen LogP contribution in [-0.4, -0.2) is 27.0 Å². The minimum absolute atomic E-state index is 0. The fraction of sp³-hybridized carbons (Fsp3) is 0.523. The van der Waals surface area contributed by atoms with E-state index in [0.717, 1.165) is 70.9 Å². The SMILES string of the molecule is CC(C)CC1Oc2c(ccc3oc4ncnc(-c5[c-]c6ccsc6c(C(C)(C)C)c5)c4c23)C1C.CCC(C)(CC)C(=O)/C=C(\O)C(C)(CC)CC.[Ir]. The summed E-state index contributed by atoms with van der Waals surface area (Å²) < 4.78 is 14.1. The molecule has 6 rings (SSSR count). The maximum Gasteiger partial charge on any atom is 0.223 e. The Bertz CT molecular complexity index is 2060. The number of fused-ring (bicyclic) bond motifs is 6. The average molecular weight is 902 g/mol. The van der Waals surface area contributed by atoms with Crippen LogP contribution in [0.5, 0.6) is 5.75 Å². The van der Waals surface area contributed by atoms with Crippen molar-refractivity contribution < 1.29 is 39.2 Å². The number of hydrogen-bond donors (Lipinski definition) is 1. The maximum atomic E-state index is 12.2. The first-order valence-corrected chi connectivity index (χ1v) is 19.7. The van der Waals surface area contributed by atoms with Crippen molar-refractivity contribution in [2.75, 3.05) is 0 Å². The second kappa shape index (κ2) is 16.1.